The summed E-state index contributed by atoms with van der Waals surface area (Å²) in [6.07, 6.45) is 3.39. The van der Waals surface area contributed by atoms with Crippen molar-refractivity contribution in [3.8, 4) is 0 Å². The Hall–Kier alpha value is -1.36. The van der Waals surface area contributed by atoms with Crippen molar-refractivity contribution in [2.45, 2.75) is 26.3 Å². The minimum Gasteiger partial charge on any atom is -0.383 e. The molecule has 0 saturated carbocycles. The smallest absolute Gasteiger partial charge is 0.256 e. The van der Waals surface area contributed by atoms with Gasteiger partial charge in [-0.1, -0.05) is 0 Å². The fourth-order valence-corrected chi connectivity index (χ4v) is 1.35. The van der Waals surface area contributed by atoms with Crippen molar-refractivity contribution in [1.82, 2.24) is 14.7 Å². The maximum absolute atomic E-state index is 12.0. The number of rotatable bonds is 4. The Bertz CT molecular complexity index is 379. The van der Waals surface area contributed by atoms with E-state index in [4.69, 9.17) is 4.74 Å². The Kier molecular flexibility index (Phi) is 4.28. The number of methoxy groups -OCH3 is 1. The first-order valence-electron chi connectivity index (χ1n) is 5.66. The predicted octanol–water partition coefficient (Wildman–Crippen LogP) is 1.36. The molecule has 1 heterocycles. The highest BCUT2D eigenvalue weighted by Crippen LogP contribution is 2.13. The molecule has 1 amide bonds. The minimum atomic E-state index is -0.108. The molecule has 96 valence electrons. The first kappa shape index (κ1) is 13.7. The standard InChI is InChI=1S/C12H21N3O2/c1-12(2,3)15-9-10(8-13-15)11(16)14(4)6-7-17-5/h8-9H,6-7H2,1-5H3. The highest BCUT2D eigenvalue weighted by Gasteiger charge is 2.18. The van der Waals surface area contributed by atoms with Gasteiger partial charge in [0.1, 0.15) is 0 Å². The number of ether oxygens (including phenoxy) is 1. The molecule has 1 aromatic heterocycles. The highest BCUT2D eigenvalue weighted by atomic mass is 16.5. The van der Waals surface area contributed by atoms with E-state index in [0.717, 1.165) is 0 Å². The van der Waals surface area contributed by atoms with E-state index in [1.165, 1.54) is 0 Å². The van der Waals surface area contributed by atoms with Crippen molar-refractivity contribution < 1.29 is 9.53 Å². The summed E-state index contributed by atoms with van der Waals surface area (Å²) >= 11 is 0. The van der Waals surface area contributed by atoms with Crippen LogP contribution in [0.3, 0.4) is 0 Å². The predicted molar refractivity (Wildman–Crippen MR) is 66.1 cm³/mol. The molecule has 0 aromatic carbocycles. The zero-order chi connectivity index (χ0) is 13.1. The number of aromatic nitrogens is 2. The lowest BCUT2D eigenvalue weighted by molar-refractivity contribution is 0.0744. The van der Waals surface area contributed by atoms with Gasteiger partial charge in [0.2, 0.25) is 0 Å². The van der Waals surface area contributed by atoms with Crippen LogP contribution in [0.4, 0.5) is 0 Å². The second kappa shape index (κ2) is 5.31. The molecule has 0 unspecified atom stereocenters. The zero-order valence-electron chi connectivity index (χ0n) is 11.2. The van der Waals surface area contributed by atoms with Crippen LogP contribution in [0.2, 0.25) is 0 Å². The fourth-order valence-electron chi connectivity index (χ4n) is 1.35. The van der Waals surface area contributed by atoms with Crippen molar-refractivity contribution in [2.24, 2.45) is 0 Å². The molecule has 0 bridgehead atoms. The zero-order valence-corrected chi connectivity index (χ0v) is 11.2. The molecular formula is C12H21N3O2. The molecule has 0 fully saturated rings. The molecule has 5 nitrogen and oxygen atoms in total. The number of nitrogens with zero attached hydrogens (tertiary/aromatic N) is 3. The number of carbonyl (C=O) groups excluding carboxylic acids is 1. The van der Waals surface area contributed by atoms with Crippen molar-refractivity contribution in [2.75, 3.05) is 27.3 Å². The first-order chi connectivity index (χ1) is 7.86. The van der Waals surface area contributed by atoms with Crippen LogP contribution in [0, 0.1) is 0 Å². The molecule has 0 saturated heterocycles. The fraction of sp³-hybridized carbons (Fsp3) is 0.667. The van der Waals surface area contributed by atoms with Crippen molar-refractivity contribution in [1.29, 1.82) is 0 Å². The summed E-state index contributed by atoms with van der Waals surface area (Å²) in [5, 5.41) is 4.21. The summed E-state index contributed by atoms with van der Waals surface area (Å²) in [4.78, 5) is 13.6. The summed E-state index contributed by atoms with van der Waals surface area (Å²) in [5.41, 5.74) is 0.502. The second-order valence-corrected chi connectivity index (χ2v) is 5.06. The Morgan fingerprint density at radius 2 is 2.18 bits per heavy atom. The van der Waals surface area contributed by atoms with Gasteiger partial charge >= 0.3 is 0 Å². The number of hydrogen-bond donors (Lipinski definition) is 0. The molecule has 0 spiro atoms. The van der Waals surface area contributed by atoms with E-state index in [9.17, 15) is 4.79 Å². The molecule has 1 rings (SSSR count). The third kappa shape index (κ3) is 3.56. The molecule has 0 atom stereocenters. The molecule has 5 heteroatoms. The quantitative estimate of drug-likeness (QED) is 0.797. The Morgan fingerprint density at radius 3 is 2.65 bits per heavy atom. The first-order valence-corrected chi connectivity index (χ1v) is 5.66. The van der Waals surface area contributed by atoms with Crippen LogP contribution in [0.1, 0.15) is 31.1 Å². The third-order valence-electron chi connectivity index (χ3n) is 2.49. The Labute approximate surface area is 102 Å². The molecule has 1 aromatic rings. The van der Waals surface area contributed by atoms with Crippen LogP contribution in [-0.4, -0.2) is 47.9 Å². The SMILES string of the molecule is COCCN(C)C(=O)c1cnn(C(C)(C)C)c1. The highest BCUT2D eigenvalue weighted by molar-refractivity contribution is 5.93. The van der Waals surface area contributed by atoms with Crippen molar-refractivity contribution in [3.05, 3.63) is 18.0 Å². The molecule has 0 aliphatic carbocycles. The maximum Gasteiger partial charge on any atom is 0.256 e. The summed E-state index contributed by atoms with van der Waals surface area (Å²) in [6.45, 7) is 7.25. The van der Waals surface area contributed by atoms with Crippen molar-refractivity contribution >= 4 is 5.91 Å². The number of amides is 1. The average molecular weight is 239 g/mol. The van der Waals surface area contributed by atoms with Crippen LogP contribution in [0.5, 0.6) is 0 Å². The van der Waals surface area contributed by atoms with Crippen LogP contribution >= 0.6 is 0 Å². The number of hydrogen-bond acceptors (Lipinski definition) is 3. The summed E-state index contributed by atoms with van der Waals surface area (Å²) in [7, 11) is 3.38. The van der Waals surface area contributed by atoms with Gasteiger partial charge in [-0.15, -0.1) is 0 Å². The van der Waals surface area contributed by atoms with Crippen LogP contribution in [0.15, 0.2) is 12.4 Å². The molecule has 0 radical (unpaired) electrons. The Morgan fingerprint density at radius 1 is 1.53 bits per heavy atom. The van der Waals surface area contributed by atoms with Gasteiger partial charge in [-0.3, -0.25) is 9.48 Å². The van der Waals surface area contributed by atoms with Crippen LogP contribution < -0.4 is 0 Å². The largest absolute Gasteiger partial charge is 0.383 e. The van der Waals surface area contributed by atoms with Gasteiger partial charge in [0, 0.05) is 26.9 Å². The topological polar surface area (TPSA) is 47.4 Å². The lowest BCUT2D eigenvalue weighted by Gasteiger charge is -2.19. The van der Waals surface area contributed by atoms with Gasteiger partial charge in [-0.25, -0.2) is 0 Å². The van der Waals surface area contributed by atoms with Gasteiger partial charge in [-0.2, -0.15) is 5.10 Å². The molecule has 0 aliphatic heterocycles. The van der Waals surface area contributed by atoms with Gasteiger partial charge in [-0.05, 0) is 20.8 Å². The molecule has 0 N–H and O–H groups in total. The third-order valence-corrected chi connectivity index (χ3v) is 2.49. The molecular weight excluding hydrogens is 218 g/mol. The van der Waals surface area contributed by atoms with Crippen molar-refractivity contribution in [3.63, 3.8) is 0 Å². The van der Waals surface area contributed by atoms with Gasteiger partial charge < -0.3 is 9.64 Å². The van der Waals surface area contributed by atoms with E-state index in [-0.39, 0.29) is 11.4 Å². The Balaban J connectivity index is 2.73. The molecule has 17 heavy (non-hydrogen) atoms. The van der Waals surface area contributed by atoms with E-state index < -0.39 is 0 Å². The lowest BCUT2D eigenvalue weighted by atomic mass is 10.1. The minimum absolute atomic E-state index is 0.0300. The summed E-state index contributed by atoms with van der Waals surface area (Å²) in [6, 6.07) is 0. The average Bonchev–Trinajstić information content (AvgIpc) is 2.73. The summed E-state index contributed by atoms with van der Waals surface area (Å²) in [5.74, 6) is -0.0300. The molecule has 0 aliphatic rings. The van der Waals surface area contributed by atoms with E-state index in [1.807, 2.05) is 20.8 Å². The van der Waals surface area contributed by atoms with Crippen LogP contribution in [0.25, 0.3) is 0 Å². The lowest BCUT2D eigenvalue weighted by Crippen LogP contribution is -2.29. The van der Waals surface area contributed by atoms with E-state index in [2.05, 4.69) is 5.10 Å². The van der Waals surface area contributed by atoms with Gasteiger partial charge in [0.05, 0.1) is 23.9 Å². The van der Waals surface area contributed by atoms with Gasteiger partial charge in [0.15, 0.2) is 0 Å². The maximum atomic E-state index is 12.0. The van der Waals surface area contributed by atoms with E-state index in [0.29, 0.717) is 18.7 Å². The van der Waals surface area contributed by atoms with Gasteiger partial charge in [0.25, 0.3) is 5.91 Å². The monoisotopic (exact) mass is 239 g/mol. The van der Waals surface area contributed by atoms with Crippen LogP contribution in [-0.2, 0) is 10.3 Å². The number of carbonyl (C=O) groups is 1. The van der Waals surface area contributed by atoms with E-state index >= 15 is 0 Å². The number of likely N-dealkylation sites (N-methyl/N-ethyl adjacent to an activating group) is 1. The van der Waals surface area contributed by atoms with E-state index in [1.54, 1.807) is 36.1 Å². The summed E-state index contributed by atoms with van der Waals surface area (Å²) < 4.78 is 6.74. The second-order valence-electron chi connectivity index (χ2n) is 5.06. The normalized spacial score (nSPS) is 11.6.